The molecule has 0 unspecified atom stereocenters. The normalized spacial score (nSPS) is 13.6. The molecule has 1 aromatic heterocycles. The lowest BCUT2D eigenvalue weighted by Gasteiger charge is -2.32. The summed E-state index contributed by atoms with van der Waals surface area (Å²) in [7, 11) is 0. The maximum atomic E-state index is 3.78. The van der Waals surface area contributed by atoms with Crippen molar-refractivity contribution < 1.29 is 0 Å². The highest BCUT2D eigenvalue weighted by Crippen LogP contribution is 2.55. The van der Waals surface area contributed by atoms with Gasteiger partial charge in [0.1, 0.15) is 0 Å². The van der Waals surface area contributed by atoms with Crippen LogP contribution >= 0.6 is 15.9 Å². The minimum absolute atomic E-state index is 0.0665. The molecule has 5 aromatic carbocycles. The standard InChI is InChI=1S/C37H32BrN/c1-3-20-37(21-4-2)33-22-25(14-17-29(33)30-19-16-27(38)24-34(30)37)26-15-18-32-31-12-8-9-13-35(31)39(36(32)23-26)28-10-6-5-7-11-28/h5-19,22-24H,3-4,20-21H2,1-2H3. The predicted octanol–water partition coefficient (Wildman–Crippen LogP) is 11.1. The molecule has 192 valence electrons. The summed E-state index contributed by atoms with van der Waals surface area (Å²) in [6.07, 6.45) is 4.67. The third-order valence-electron chi connectivity index (χ3n) is 8.70. The van der Waals surface area contributed by atoms with Crippen LogP contribution in [-0.4, -0.2) is 4.57 Å². The van der Waals surface area contributed by atoms with Crippen molar-refractivity contribution in [2.45, 2.75) is 44.9 Å². The quantitative estimate of drug-likeness (QED) is 0.188. The summed E-state index contributed by atoms with van der Waals surface area (Å²) < 4.78 is 3.58. The second-order valence-corrected chi connectivity index (χ2v) is 11.9. The van der Waals surface area contributed by atoms with E-state index in [1.165, 1.54) is 91.0 Å². The molecule has 1 aliphatic carbocycles. The fourth-order valence-electron chi connectivity index (χ4n) is 7.17. The summed E-state index contributed by atoms with van der Waals surface area (Å²) in [5.74, 6) is 0. The van der Waals surface area contributed by atoms with Gasteiger partial charge in [0.2, 0.25) is 0 Å². The van der Waals surface area contributed by atoms with Gasteiger partial charge in [-0.15, -0.1) is 0 Å². The third-order valence-corrected chi connectivity index (χ3v) is 9.19. The fourth-order valence-corrected chi connectivity index (χ4v) is 7.53. The van der Waals surface area contributed by atoms with Crippen LogP contribution in [0.15, 0.2) is 114 Å². The van der Waals surface area contributed by atoms with Crippen LogP contribution in [-0.2, 0) is 5.41 Å². The molecule has 0 spiro atoms. The van der Waals surface area contributed by atoms with Crippen molar-refractivity contribution in [2.75, 3.05) is 0 Å². The molecule has 0 amide bonds. The van der Waals surface area contributed by atoms with Gasteiger partial charge in [-0.3, -0.25) is 0 Å². The van der Waals surface area contributed by atoms with Gasteiger partial charge >= 0.3 is 0 Å². The van der Waals surface area contributed by atoms with E-state index in [4.69, 9.17) is 0 Å². The second kappa shape index (κ2) is 9.54. The summed E-state index contributed by atoms with van der Waals surface area (Å²) in [6.45, 7) is 4.65. The van der Waals surface area contributed by atoms with Gasteiger partial charge in [-0.25, -0.2) is 0 Å². The van der Waals surface area contributed by atoms with E-state index in [0.29, 0.717) is 0 Å². The smallest absolute Gasteiger partial charge is 0.0547 e. The van der Waals surface area contributed by atoms with Crippen molar-refractivity contribution in [2.24, 2.45) is 0 Å². The Morgan fingerprint density at radius 2 is 1.21 bits per heavy atom. The highest BCUT2D eigenvalue weighted by molar-refractivity contribution is 9.10. The molecule has 39 heavy (non-hydrogen) atoms. The van der Waals surface area contributed by atoms with Crippen LogP contribution in [0.1, 0.15) is 50.7 Å². The molecule has 0 saturated carbocycles. The molecular formula is C37H32BrN. The van der Waals surface area contributed by atoms with E-state index in [-0.39, 0.29) is 5.41 Å². The molecule has 0 atom stereocenters. The van der Waals surface area contributed by atoms with Crippen LogP contribution in [0.2, 0.25) is 0 Å². The maximum Gasteiger partial charge on any atom is 0.0547 e. The second-order valence-electron chi connectivity index (χ2n) is 11.0. The summed E-state index contributed by atoms with van der Waals surface area (Å²) >= 11 is 3.78. The minimum atomic E-state index is 0.0665. The molecule has 0 radical (unpaired) electrons. The summed E-state index contributed by atoms with van der Waals surface area (Å²) in [5.41, 5.74) is 12.1. The molecule has 2 heteroatoms. The molecule has 0 saturated heterocycles. The Kier molecular flexibility index (Phi) is 5.97. The summed E-state index contributed by atoms with van der Waals surface area (Å²) in [4.78, 5) is 0. The van der Waals surface area contributed by atoms with E-state index in [0.717, 1.165) is 0 Å². The van der Waals surface area contributed by atoms with Gasteiger partial charge in [-0.2, -0.15) is 0 Å². The Balaban J connectivity index is 1.45. The van der Waals surface area contributed by atoms with Crippen LogP contribution in [0.25, 0.3) is 49.7 Å². The van der Waals surface area contributed by atoms with Crippen LogP contribution in [0.4, 0.5) is 0 Å². The van der Waals surface area contributed by atoms with Crippen LogP contribution in [0, 0.1) is 0 Å². The van der Waals surface area contributed by atoms with Gasteiger partial charge in [0, 0.05) is 26.3 Å². The van der Waals surface area contributed by atoms with Crippen molar-refractivity contribution >= 4 is 37.7 Å². The van der Waals surface area contributed by atoms with E-state index in [9.17, 15) is 0 Å². The molecule has 6 aromatic rings. The monoisotopic (exact) mass is 569 g/mol. The number of para-hydroxylation sites is 2. The lowest BCUT2D eigenvalue weighted by Crippen LogP contribution is -2.25. The highest BCUT2D eigenvalue weighted by atomic mass is 79.9. The molecular weight excluding hydrogens is 538 g/mol. The Morgan fingerprint density at radius 1 is 0.590 bits per heavy atom. The average Bonchev–Trinajstić information content (AvgIpc) is 3.43. The van der Waals surface area contributed by atoms with E-state index < -0.39 is 0 Å². The lowest BCUT2D eigenvalue weighted by atomic mass is 9.71. The Hall–Kier alpha value is -3.62. The molecule has 1 heterocycles. The van der Waals surface area contributed by atoms with E-state index in [2.05, 4.69) is 144 Å². The fraction of sp³-hybridized carbons (Fsp3) is 0.189. The Morgan fingerprint density at radius 3 is 1.97 bits per heavy atom. The van der Waals surface area contributed by atoms with Gasteiger partial charge in [0.15, 0.2) is 0 Å². The SMILES string of the molecule is CCCC1(CCC)c2cc(Br)ccc2-c2ccc(-c3ccc4c5ccccc5n(-c5ccccc5)c4c3)cc21. The first-order valence-corrected chi connectivity index (χ1v) is 15.0. The van der Waals surface area contributed by atoms with Crippen LogP contribution in [0.3, 0.4) is 0 Å². The zero-order valence-electron chi connectivity index (χ0n) is 22.5. The van der Waals surface area contributed by atoms with Crippen LogP contribution < -0.4 is 0 Å². The Bertz CT molecular complexity index is 1840. The van der Waals surface area contributed by atoms with Crippen molar-refractivity contribution in [3.8, 4) is 27.9 Å². The number of nitrogens with zero attached hydrogens (tertiary/aromatic N) is 1. The zero-order chi connectivity index (χ0) is 26.6. The molecule has 0 fully saturated rings. The first-order chi connectivity index (χ1) is 19.1. The summed E-state index contributed by atoms with van der Waals surface area (Å²) in [6, 6.07) is 40.6. The number of fused-ring (bicyclic) bond motifs is 6. The first-order valence-electron chi connectivity index (χ1n) is 14.2. The Labute approximate surface area is 239 Å². The number of benzene rings is 5. The van der Waals surface area contributed by atoms with Gasteiger partial charge in [0.05, 0.1) is 11.0 Å². The maximum absolute atomic E-state index is 3.78. The van der Waals surface area contributed by atoms with Gasteiger partial charge in [-0.05, 0) is 88.7 Å². The molecule has 0 N–H and O–H groups in total. The minimum Gasteiger partial charge on any atom is -0.309 e. The van der Waals surface area contributed by atoms with Crippen molar-refractivity contribution in [3.05, 3.63) is 125 Å². The lowest BCUT2D eigenvalue weighted by molar-refractivity contribution is 0.436. The number of rotatable bonds is 6. The van der Waals surface area contributed by atoms with E-state index in [1.807, 2.05) is 0 Å². The third kappa shape index (κ3) is 3.72. The topological polar surface area (TPSA) is 4.93 Å². The summed E-state index contributed by atoms with van der Waals surface area (Å²) in [5, 5.41) is 2.59. The van der Waals surface area contributed by atoms with E-state index >= 15 is 0 Å². The first kappa shape index (κ1) is 24.4. The number of hydrogen-bond acceptors (Lipinski definition) is 0. The number of hydrogen-bond donors (Lipinski definition) is 0. The van der Waals surface area contributed by atoms with Crippen molar-refractivity contribution in [1.82, 2.24) is 4.57 Å². The number of aromatic nitrogens is 1. The van der Waals surface area contributed by atoms with Crippen LogP contribution in [0.5, 0.6) is 0 Å². The number of halogens is 1. The molecule has 0 bridgehead atoms. The largest absolute Gasteiger partial charge is 0.309 e. The van der Waals surface area contributed by atoms with E-state index in [1.54, 1.807) is 0 Å². The van der Waals surface area contributed by atoms with Gasteiger partial charge < -0.3 is 4.57 Å². The van der Waals surface area contributed by atoms with Crippen molar-refractivity contribution in [1.29, 1.82) is 0 Å². The molecule has 1 nitrogen and oxygen atoms in total. The molecule has 7 rings (SSSR count). The molecule has 0 aliphatic heterocycles. The average molecular weight is 571 g/mol. The zero-order valence-corrected chi connectivity index (χ0v) is 24.1. The van der Waals surface area contributed by atoms with Crippen molar-refractivity contribution in [3.63, 3.8) is 0 Å². The van der Waals surface area contributed by atoms with Gasteiger partial charge in [0.25, 0.3) is 0 Å². The molecule has 1 aliphatic rings. The highest BCUT2D eigenvalue weighted by Gasteiger charge is 2.42. The predicted molar refractivity (Wildman–Crippen MR) is 170 cm³/mol. The van der Waals surface area contributed by atoms with Gasteiger partial charge in [-0.1, -0.05) is 109 Å².